The monoisotopic (exact) mass is 364 g/mol. The molecule has 0 fully saturated rings. The van der Waals surface area contributed by atoms with Gasteiger partial charge < -0.3 is 5.11 Å². The van der Waals surface area contributed by atoms with Crippen molar-refractivity contribution in [3.63, 3.8) is 0 Å². The predicted molar refractivity (Wildman–Crippen MR) is 102 cm³/mol. The van der Waals surface area contributed by atoms with E-state index in [4.69, 9.17) is 0 Å². The van der Waals surface area contributed by atoms with E-state index in [2.05, 4.69) is 6.92 Å². The molecule has 0 aliphatic heterocycles. The van der Waals surface area contributed by atoms with Crippen LogP contribution in [0.3, 0.4) is 0 Å². The highest BCUT2D eigenvalue weighted by Crippen LogP contribution is 2.17. The van der Waals surface area contributed by atoms with E-state index >= 15 is 0 Å². The van der Waals surface area contributed by atoms with Crippen LogP contribution in [0.2, 0.25) is 0 Å². The first-order valence-electron chi connectivity index (χ1n) is 10.1. The van der Waals surface area contributed by atoms with Gasteiger partial charge in [-0.2, -0.15) is 8.42 Å². The zero-order valence-electron chi connectivity index (χ0n) is 15.9. The summed E-state index contributed by atoms with van der Waals surface area (Å²) in [5.41, 5.74) is 0. The molecule has 0 spiro atoms. The molecule has 0 aromatic carbocycles. The Labute approximate surface area is 150 Å². The van der Waals surface area contributed by atoms with Crippen LogP contribution in [0.4, 0.5) is 0 Å². The summed E-state index contributed by atoms with van der Waals surface area (Å²) in [6.07, 6.45) is 14.8. The van der Waals surface area contributed by atoms with Crippen molar-refractivity contribution >= 4 is 10.1 Å². The zero-order chi connectivity index (χ0) is 18.3. The Kier molecular flexibility index (Phi) is 15.1. The van der Waals surface area contributed by atoms with E-state index in [1.54, 1.807) is 0 Å². The quantitative estimate of drug-likeness (QED) is 0.264. The van der Waals surface area contributed by atoms with Crippen molar-refractivity contribution < 1.29 is 18.1 Å². The lowest BCUT2D eigenvalue weighted by Crippen LogP contribution is -2.20. The summed E-state index contributed by atoms with van der Waals surface area (Å²) in [7, 11) is -3.89. The number of aliphatic hydroxyl groups excluding tert-OH is 1. The molecular formula is C19H40O4S. The third kappa shape index (κ3) is 14.2. The van der Waals surface area contributed by atoms with Crippen LogP contribution in [-0.2, 0) is 10.1 Å². The van der Waals surface area contributed by atoms with Crippen LogP contribution in [0.5, 0.6) is 0 Å². The molecule has 0 aliphatic rings. The average molecular weight is 365 g/mol. The van der Waals surface area contributed by atoms with Gasteiger partial charge in [-0.25, -0.2) is 0 Å². The minimum Gasteiger partial charge on any atom is -0.393 e. The van der Waals surface area contributed by atoms with E-state index in [1.807, 2.05) is 6.92 Å². The highest BCUT2D eigenvalue weighted by Gasteiger charge is 2.21. The molecule has 0 rings (SSSR count). The first-order valence-corrected chi connectivity index (χ1v) is 11.6. The molecule has 24 heavy (non-hydrogen) atoms. The van der Waals surface area contributed by atoms with Crippen molar-refractivity contribution in [2.24, 2.45) is 0 Å². The maximum absolute atomic E-state index is 11.2. The van der Waals surface area contributed by atoms with Gasteiger partial charge in [0.15, 0.2) is 0 Å². The Morgan fingerprint density at radius 3 is 1.58 bits per heavy atom. The molecule has 4 nitrogen and oxygen atoms in total. The second-order valence-corrected chi connectivity index (χ2v) is 8.82. The van der Waals surface area contributed by atoms with Gasteiger partial charge in [-0.05, 0) is 25.7 Å². The van der Waals surface area contributed by atoms with Gasteiger partial charge >= 0.3 is 0 Å². The largest absolute Gasteiger partial charge is 0.393 e. The number of hydrogen-bond donors (Lipinski definition) is 2. The fourth-order valence-electron chi connectivity index (χ4n) is 3.17. The van der Waals surface area contributed by atoms with Crippen molar-refractivity contribution in [3.05, 3.63) is 0 Å². The molecule has 0 aromatic heterocycles. The van der Waals surface area contributed by atoms with Gasteiger partial charge in [-0.1, -0.05) is 84.5 Å². The third-order valence-electron chi connectivity index (χ3n) is 4.74. The molecule has 0 saturated heterocycles. The van der Waals surface area contributed by atoms with E-state index in [1.165, 1.54) is 32.1 Å². The molecule has 0 saturated carbocycles. The summed E-state index contributed by atoms with van der Waals surface area (Å²) in [4.78, 5) is 0. The first kappa shape index (κ1) is 23.9. The van der Waals surface area contributed by atoms with Gasteiger partial charge in [0.05, 0.1) is 11.4 Å². The van der Waals surface area contributed by atoms with Crippen LogP contribution in [0.1, 0.15) is 110 Å². The van der Waals surface area contributed by atoms with Crippen LogP contribution in [-0.4, -0.2) is 29.4 Å². The second-order valence-electron chi connectivity index (χ2n) is 7.13. The first-order chi connectivity index (χ1) is 11.4. The van der Waals surface area contributed by atoms with Gasteiger partial charge in [-0.15, -0.1) is 0 Å². The topological polar surface area (TPSA) is 74.6 Å². The van der Waals surface area contributed by atoms with Crippen molar-refractivity contribution in [2.75, 3.05) is 0 Å². The van der Waals surface area contributed by atoms with Crippen LogP contribution < -0.4 is 0 Å². The maximum atomic E-state index is 11.2. The summed E-state index contributed by atoms with van der Waals surface area (Å²) in [6, 6.07) is 0. The lowest BCUT2D eigenvalue weighted by Gasteiger charge is -2.13. The molecule has 0 bridgehead atoms. The minimum absolute atomic E-state index is 0.179. The van der Waals surface area contributed by atoms with E-state index in [9.17, 15) is 18.1 Å². The van der Waals surface area contributed by atoms with Crippen molar-refractivity contribution in [1.29, 1.82) is 0 Å². The fraction of sp³-hybridized carbons (Fsp3) is 1.00. The van der Waals surface area contributed by atoms with Crippen LogP contribution in [0, 0.1) is 0 Å². The second kappa shape index (κ2) is 15.2. The molecule has 0 aliphatic carbocycles. The van der Waals surface area contributed by atoms with E-state index in [-0.39, 0.29) is 6.10 Å². The normalized spacial score (nSPS) is 14.7. The minimum atomic E-state index is -3.89. The van der Waals surface area contributed by atoms with Crippen molar-refractivity contribution in [2.45, 2.75) is 122 Å². The maximum Gasteiger partial charge on any atom is 0.267 e. The Balaban J connectivity index is 3.54. The number of hydrogen-bond acceptors (Lipinski definition) is 3. The Morgan fingerprint density at radius 1 is 0.667 bits per heavy atom. The molecule has 2 atom stereocenters. The van der Waals surface area contributed by atoms with Crippen LogP contribution in [0.15, 0.2) is 0 Å². The SMILES string of the molecule is CCCCCCCCC(O)CCCCCCC(CCC)S(=O)(=O)O. The van der Waals surface area contributed by atoms with E-state index in [0.717, 1.165) is 51.4 Å². The van der Waals surface area contributed by atoms with Crippen LogP contribution in [0.25, 0.3) is 0 Å². The van der Waals surface area contributed by atoms with Gasteiger partial charge in [0.2, 0.25) is 0 Å². The fourth-order valence-corrected chi connectivity index (χ4v) is 4.17. The molecule has 5 heteroatoms. The molecule has 2 unspecified atom stereocenters. The van der Waals surface area contributed by atoms with E-state index < -0.39 is 15.4 Å². The molecule has 0 amide bonds. The predicted octanol–water partition coefficient (Wildman–Crippen LogP) is 5.50. The molecule has 0 heterocycles. The third-order valence-corrected chi connectivity index (χ3v) is 6.05. The Hall–Kier alpha value is -0.130. The highest BCUT2D eigenvalue weighted by atomic mass is 32.2. The summed E-state index contributed by atoms with van der Waals surface area (Å²) < 4.78 is 31.6. The molecular weight excluding hydrogens is 324 g/mol. The number of unbranched alkanes of at least 4 members (excludes halogenated alkanes) is 8. The zero-order valence-corrected chi connectivity index (χ0v) is 16.7. The van der Waals surface area contributed by atoms with E-state index in [0.29, 0.717) is 12.8 Å². The summed E-state index contributed by atoms with van der Waals surface area (Å²) in [5, 5.41) is 9.36. The summed E-state index contributed by atoms with van der Waals surface area (Å²) in [6.45, 7) is 4.15. The Morgan fingerprint density at radius 2 is 1.12 bits per heavy atom. The van der Waals surface area contributed by atoms with Crippen molar-refractivity contribution in [1.82, 2.24) is 0 Å². The molecule has 146 valence electrons. The lowest BCUT2D eigenvalue weighted by atomic mass is 10.0. The smallest absolute Gasteiger partial charge is 0.267 e. The van der Waals surface area contributed by atoms with Crippen LogP contribution >= 0.6 is 0 Å². The number of aliphatic hydroxyl groups is 1. The van der Waals surface area contributed by atoms with Gasteiger partial charge in [0.1, 0.15) is 0 Å². The van der Waals surface area contributed by atoms with Gasteiger partial charge in [0.25, 0.3) is 10.1 Å². The number of rotatable bonds is 17. The molecule has 0 radical (unpaired) electrons. The standard InChI is InChI=1S/C19H40O4S/c1-3-5-6-7-8-11-15-18(20)16-12-9-10-13-17-19(14-4-2)24(21,22)23/h18-20H,3-17H2,1-2H3,(H,21,22,23). The van der Waals surface area contributed by atoms with Gasteiger partial charge in [0, 0.05) is 0 Å². The Bertz CT molecular complexity index is 368. The molecule has 2 N–H and O–H groups in total. The van der Waals surface area contributed by atoms with Gasteiger partial charge in [-0.3, -0.25) is 4.55 Å². The summed E-state index contributed by atoms with van der Waals surface area (Å²) >= 11 is 0. The highest BCUT2D eigenvalue weighted by molar-refractivity contribution is 7.86. The van der Waals surface area contributed by atoms with Crippen molar-refractivity contribution in [3.8, 4) is 0 Å². The average Bonchev–Trinajstić information content (AvgIpc) is 2.52. The molecule has 0 aromatic rings. The lowest BCUT2D eigenvalue weighted by molar-refractivity contribution is 0.147. The summed E-state index contributed by atoms with van der Waals surface area (Å²) in [5.74, 6) is 0.